The van der Waals surface area contributed by atoms with E-state index in [0.717, 1.165) is 0 Å². The minimum absolute atomic E-state index is 0.0636. The van der Waals surface area contributed by atoms with Crippen LogP contribution in [0.5, 0.6) is 0 Å². The van der Waals surface area contributed by atoms with Gasteiger partial charge in [-0.2, -0.15) is 0 Å². The molecule has 0 aromatic heterocycles. The van der Waals surface area contributed by atoms with Gasteiger partial charge in [0.15, 0.2) is 5.78 Å². The number of ketones is 1. The molecule has 0 bridgehead atoms. The normalized spacial score (nSPS) is 21.1. The van der Waals surface area contributed by atoms with Crippen LogP contribution in [0.1, 0.15) is 44.6 Å². The van der Waals surface area contributed by atoms with Crippen LogP contribution in [0.4, 0.5) is 10.1 Å². The van der Waals surface area contributed by atoms with Crippen molar-refractivity contribution in [2.75, 3.05) is 4.90 Å². The lowest BCUT2D eigenvalue weighted by molar-refractivity contribution is -0.121. The summed E-state index contributed by atoms with van der Waals surface area (Å²) in [5.41, 5.74) is 1.42. The van der Waals surface area contributed by atoms with E-state index in [1.54, 1.807) is 24.3 Å². The van der Waals surface area contributed by atoms with Crippen LogP contribution in [-0.4, -0.2) is 11.7 Å². The summed E-state index contributed by atoms with van der Waals surface area (Å²) in [7, 11) is 0. The Hall–Kier alpha value is -1.88. The van der Waals surface area contributed by atoms with E-state index in [4.69, 9.17) is 34.8 Å². The van der Waals surface area contributed by atoms with Crippen molar-refractivity contribution in [3.8, 4) is 0 Å². The lowest BCUT2D eigenvalue weighted by atomic mass is 9.69. The molecule has 156 valence electrons. The van der Waals surface area contributed by atoms with E-state index in [1.807, 2.05) is 13.8 Å². The largest absolute Gasteiger partial charge is 0.294 e. The number of nitrogens with zero attached hydrogens (tertiary/aromatic N) is 1. The van der Waals surface area contributed by atoms with Crippen molar-refractivity contribution in [2.45, 2.75) is 39.0 Å². The summed E-state index contributed by atoms with van der Waals surface area (Å²) in [5.74, 6) is -1.58. The standard InChI is InChI=1S/C23H19Cl3FNO2/c1-23(2)10-18-22(19(29)11-23)13(21-15(25)4-3-5-17(21)27)9-20(30)28(18)12-6-7-14(24)16(26)8-12/h3-8,13H,9-11H2,1-2H3. The first-order valence-corrected chi connectivity index (χ1v) is 10.7. The number of hydrogen-bond donors (Lipinski definition) is 0. The fourth-order valence-electron chi connectivity index (χ4n) is 4.43. The van der Waals surface area contributed by atoms with E-state index >= 15 is 0 Å². The molecular weight excluding hydrogens is 448 g/mol. The number of allylic oxidation sites excluding steroid dienone is 2. The highest BCUT2D eigenvalue weighted by atomic mass is 35.5. The molecule has 30 heavy (non-hydrogen) atoms. The molecule has 1 atom stereocenters. The lowest BCUT2D eigenvalue weighted by Gasteiger charge is -2.43. The fourth-order valence-corrected chi connectivity index (χ4v) is 5.02. The maximum atomic E-state index is 14.7. The SMILES string of the molecule is CC1(C)CC(=O)C2=C(C1)N(c1ccc(Cl)c(Cl)c1)C(=O)CC2c1c(F)cccc1Cl. The Kier molecular flexibility index (Phi) is 5.46. The summed E-state index contributed by atoms with van der Waals surface area (Å²) in [6, 6.07) is 9.30. The van der Waals surface area contributed by atoms with E-state index in [9.17, 15) is 14.0 Å². The van der Waals surface area contributed by atoms with Crippen LogP contribution in [0.2, 0.25) is 15.1 Å². The summed E-state index contributed by atoms with van der Waals surface area (Å²) in [6.07, 6.45) is 0.742. The van der Waals surface area contributed by atoms with Crippen LogP contribution in [0.25, 0.3) is 0 Å². The first-order chi connectivity index (χ1) is 14.1. The molecule has 2 aromatic rings. The van der Waals surface area contributed by atoms with Gasteiger partial charge in [-0.1, -0.05) is 54.7 Å². The maximum Gasteiger partial charge on any atom is 0.232 e. The average Bonchev–Trinajstić information content (AvgIpc) is 2.62. The summed E-state index contributed by atoms with van der Waals surface area (Å²) < 4.78 is 14.7. The Bertz CT molecular complexity index is 1090. The van der Waals surface area contributed by atoms with Gasteiger partial charge >= 0.3 is 0 Å². The highest BCUT2D eigenvalue weighted by molar-refractivity contribution is 6.42. The third kappa shape index (κ3) is 3.66. The molecule has 0 spiro atoms. The van der Waals surface area contributed by atoms with E-state index < -0.39 is 11.7 Å². The zero-order chi connectivity index (χ0) is 21.8. The minimum atomic E-state index is -0.719. The second-order valence-electron chi connectivity index (χ2n) is 8.52. The maximum absolute atomic E-state index is 14.7. The van der Waals surface area contributed by atoms with Crippen molar-refractivity contribution < 1.29 is 14.0 Å². The number of amides is 1. The molecule has 0 saturated heterocycles. The number of Topliss-reactive ketones (excluding diaryl/α,β-unsaturated/α-hetero) is 1. The fraction of sp³-hybridized carbons (Fsp3) is 0.304. The van der Waals surface area contributed by atoms with E-state index in [2.05, 4.69) is 0 Å². The third-order valence-corrected chi connectivity index (χ3v) is 6.72. The van der Waals surface area contributed by atoms with Crippen molar-refractivity contribution in [3.63, 3.8) is 0 Å². The van der Waals surface area contributed by atoms with Gasteiger partial charge in [0.2, 0.25) is 5.91 Å². The second kappa shape index (κ2) is 7.67. The molecule has 1 heterocycles. The van der Waals surface area contributed by atoms with Crippen molar-refractivity contribution in [3.05, 3.63) is 74.1 Å². The molecule has 1 aliphatic carbocycles. The van der Waals surface area contributed by atoms with E-state index in [1.165, 1.54) is 17.0 Å². The average molecular weight is 467 g/mol. The number of carbonyl (C=O) groups is 2. The third-order valence-electron chi connectivity index (χ3n) is 5.65. The molecule has 1 amide bonds. The van der Waals surface area contributed by atoms with Gasteiger partial charge in [-0.3, -0.25) is 14.5 Å². The first-order valence-electron chi connectivity index (χ1n) is 9.57. The molecule has 0 radical (unpaired) electrons. The molecule has 7 heteroatoms. The highest BCUT2D eigenvalue weighted by Gasteiger charge is 2.45. The van der Waals surface area contributed by atoms with E-state index in [-0.39, 0.29) is 34.1 Å². The Morgan fingerprint density at radius 3 is 2.40 bits per heavy atom. The molecule has 3 nitrogen and oxygen atoms in total. The van der Waals surface area contributed by atoms with Crippen LogP contribution < -0.4 is 4.90 Å². The van der Waals surface area contributed by atoms with Crippen LogP contribution in [0, 0.1) is 11.2 Å². The van der Waals surface area contributed by atoms with Gasteiger partial charge in [0.25, 0.3) is 0 Å². The summed E-state index contributed by atoms with van der Waals surface area (Å²) in [6.45, 7) is 3.96. The summed E-state index contributed by atoms with van der Waals surface area (Å²) in [5, 5.41) is 0.889. The molecule has 0 saturated carbocycles. The number of carbonyl (C=O) groups excluding carboxylic acids is 2. The van der Waals surface area contributed by atoms with Crippen LogP contribution in [0.15, 0.2) is 47.7 Å². The minimum Gasteiger partial charge on any atom is -0.294 e. The van der Waals surface area contributed by atoms with Gasteiger partial charge in [0.05, 0.1) is 15.7 Å². The number of halogens is 4. The zero-order valence-electron chi connectivity index (χ0n) is 16.4. The van der Waals surface area contributed by atoms with Gasteiger partial charge in [-0.25, -0.2) is 4.39 Å². The highest BCUT2D eigenvalue weighted by Crippen LogP contribution is 2.49. The van der Waals surface area contributed by atoms with Crippen LogP contribution in [-0.2, 0) is 9.59 Å². The van der Waals surface area contributed by atoms with Gasteiger partial charge < -0.3 is 0 Å². The predicted molar refractivity (Wildman–Crippen MR) is 118 cm³/mol. The molecule has 0 fully saturated rings. The Labute approximate surface area is 189 Å². The lowest BCUT2D eigenvalue weighted by Crippen LogP contribution is -2.44. The Morgan fingerprint density at radius 1 is 1.00 bits per heavy atom. The van der Waals surface area contributed by atoms with Crippen LogP contribution in [0.3, 0.4) is 0 Å². The van der Waals surface area contributed by atoms with Gasteiger partial charge in [-0.15, -0.1) is 0 Å². The van der Waals surface area contributed by atoms with Crippen LogP contribution >= 0.6 is 34.8 Å². The van der Waals surface area contributed by atoms with Gasteiger partial charge in [0, 0.05) is 40.6 Å². The quantitative estimate of drug-likeness (QED) is 0.480. The number of hydrogen-bond acceptors (Lipinski definition) is 2. The van der Waals surface area contributed by atoms with Crippen molar-refractivity contribution in [1.82, 2.24) is 0 Å². The predicted octanol–water partition coefficient (Wildman–Crippen LogP) is 6.95. The van der Waals surface area contributed by atoms with Crippen molar-refractivity contribution in [1.29, 1.82) is 0 Å². The number of benzene rings is 2. The number of rotatable bonds is 2. The molecule has 1 unspecified atom stereocenters. The topological polar surface area (TPSA) is 37.4 Å². The molecule has 2 aliphatic rings. The van der Waals surface area contributed by atoms with Gasteiger partial charge in [-0.05, 0) is 42.2 Å². The van der Waals surface area contributed by atoms with Crippen molar-refractivity contribution >= 4 is 52.2 Å². The monoisotopic (exact) mass is 465 g/mol. The Balaban J connectivity index is 1.95. The van der Waals surface area contributed by atoms with Crippen molar-refractivity contribution in [2.24, 2.45) is 5.41 Å². The first kappa shape index (κ1) is 21.4. The second-order valence-corrected chi connectivity index (χ2v) is 9.74. The molecule has 1 aliphatic heterocycles. The van der Waals surface area contributed by atoms with E-state index in [0.29, 0.717) is 39.8 Å². The summed E-state index contributed by atoms with van der Waals surface area (Å²) in [4.78, 5) is 28.1. The number of anilines is 1. The Morgan fingerprint density at radius 2 is 1.73 bits per heavy atom. The summed E-state index contributed by atoms with van der Waals surface area (Å²) >= 11 is 18.5. The zero-order valence-corrected chi connectivity index (χ0v) is 18.7. The smallest absolute Gasteiger partial charge is 0.232 e. The molecule has 0 N–H and O–H groups in total. The molecule has 2 aromatic carbocycles. The van der Waals surface area contributed by atoms with Gasteiger partial charge in [0.1, 0.15) is 5.82 Å². The molecule has 4 rings (SSSR count). The molecular formula is C23H19Cl3FNO2.